The zero-order valence-corrected chi connectivity index (χ0v) is 11.2. The number of piperazine rings is 1. The Bertz CT molecular complexity index is 448. The van der Waals surface area contributed by atoms with Gasteiger partial charge in [-0.1, -0.05) is 29.3 Å². The fraction of sp³-hybridized carbons (Fsp3) is 0.417. The molecule has 1 saturated heterocycles. The zero-order valence-electron chi connectivity index (χ0n) is 9.70. The van der Waals surface area contributed by atoms with E-state index in [4.69, 9.17) is 23.2 Å². The van der Waals surface area contributed by atoms with Gasteiger partial charge in [-0.3, -0.25) is 9.69 Å². The van der Waals surface area contributed by atoms with Crippen LogP contribution in [0.25, 0.3) is 0 Å². The first-order valence-electron chi connectivity index (χ1n) is 5.72. The van der Waals surface area contributed by atoms with Crippen molar-refractivity contribution in [2.24, 2.45) is 0 Å². The molecule has 1 aromatic rings. The highest BCUT2D eigenvalue weighted by atomic mass is 35.5. The molecule has 0 radical (unpaired) electrons. The summed E-state index contributed by atoms with van der Waals surface area (Å²) in [6, 6.07) is 4.22. The summed E-state index contributed by atoms with van der Waals surface area (Å²) in [5.41, 5.74) is 0.593. The predicted molar refractivity (Wildman–Crippen MR) is 71.3 cm³/mol. The molecule has 2 N–H and O–H groups in total. The largest absolute Gasteiger partial charge is 0.480 e. The van der Waals surface area contributed by atoms with Crippen LogP contribution in [-0.4, -0.2) is 42.2 Å². The van der Waals surface area contributed by atoms with Crippen molar-refractivity contribution < 1.29 is 9.90 Å². The number of aliphatic carboxylic acids is 1. The second kappa shape index (κ2) is 5.89. The van der Waals surface area contributed by atoms with Crippen LogP contribution in [0.1, 0.15) is 11.6 Å². The van der Waals surface area contributed by atoms with Gasteiger partial charge in [-0.2, -0.15) is 0 Å². The first-order chi connectivity index (χ1) is 8.59. The van der Waals surface area contributed by atoms with Crippen molar-refractivity contribution in [3.8, 4) is 0 Å². The fourth-order valence-corrected chi connectivity index (χ4v) is 2.66. The lowest BCUT2D eigenvalue weighted by Gasteiger charge is -2.33. The van der Waals surface area contributed by atoms with Gasteiger partial charge in [0.05, 0.1) is 0 Å². The molecule has 0 bridgehead atoms. The molecule has 1 fully saturated rings. The average molecular weight is 289 g/mol. The molecule has 1 heterocycles. The molecular formula is C12H14Cl2N2O2. The highest BCUT2D eigenvalue weighted by Gasteiger charge is 2.29. The summed E-state index contributed by atoms with van der Waals surface area (Å²) >= 11 is 11.9. The fourth-order valence-electron chi connectivity index (χ4n) is 2.15. The Labute approximate surface area is 115 Å². The van der Waals surface area contributed by atoms with Crippen LogP contribution in [0.15, 0.2) is 18.2 Å². The summed E-state index contributed by atoms with van der Waals surface area (Å²) in [5, 5.41) is 13.5. The second-order valence-electron chi connectivity index (χ2n) is 4.19. The van der Waals surface area contributed by atoms with Crippen molar-refractivity contribution in [1.82, 2.24) is 10.2 Å². The molecule has 1 aliphatic rings. The zero-order chi connectivity index (χ0) is 13.1. The number of hydrogen-bond donors (Lipinski definition) is 2. The van der Waals surface area contributed by atoms with Crippen molar-refractivity contribution >= 4 is 29.2 Å². The molecule has 1 aromatic carbocycles. The highest BCUT2D eigenvalue weighted by molar-refractivity contribution is 6.35. The summed E-state index contributed by atoms with van der Waals surface area (Å²) in [6.07, 6.45) is 0. The molecule has 1 aliphatic heterocycles. The molecule has 0 aromatic heterocycles. The molecule has 0 aliphatic carbocycles. The van der Waals surface area contributed by atoms with E-state index < -0.39 is 12.0 Å². The topological polar surface area (TPSA) is 52.6 Å². The molecule has 6 heteroatoms. The summed E-state index contributed by atoms with van der Waals surface area (Å²) in [7, 11) is 0. The summed E-state index contributed by atoms with van der Waals surface area (Å²) < 4.78 is 0. The normalized spacial score (nSPS) is 18.6. The standard InChI is InChI=1S/C12H14Cl2N2O2/c13-8-1-2-9(10(14)7-8)11(12(17)18)16-5-3-15-4-6-16/h1-2,7,11,15H,3-6H2,(H,17,18). The number of nitrogens with zero attached hydrogens (tertiary/aromatic N) is 1. The number of benzene rings is 1. The number of carboxylic acid groups (broad SMARTS) is 1. The van der Waals surface area contributed by atoms with Crippen molar-refractivity contribution in [2.45, 2.75) is 6.04 Å². The molecule has 0 spiro atoms. The van der Waals surface area contributed by atoms with Crippen molar-refractivity contribution in [2.75, 3.05) is 26.2 Å². The van der Waals surface area contributed by atoms with Gasteiger partial charge in [-0.15, -0.1) is 0 Å². The molecule has 98 valence electrons. The summed E-state index contributed by atoms with van der Waals surface area (Å²) in [5.74, 6) is -0.888. The van der Waals surface area contributed by atoms with Gasteiger partial charge in [-0.25, -0.2) is 0 Å². The van der Waals surface area contributed by atoms with Crippen molar-refractivity contribution in [3.05, 3.63) is 33.8 Å². The van der Waals surface area contributed by atoms with Crippen molar-refractivity contribution in [1.29, 1.82) is 0 Å². The number of halogens is 2. The quantitative estimate of drug-likeness (QED) is 0.894. The van der Waals surface area contributed by atoms with Gasteiger partial charge in [0.25, 0.3) is 0 Å². The maximum Gasteiger partial charge on any atom is 0.325 e. The van der Waals surface area contributed by atoms with E-state index in [1.807, 2.05) is 4.90 Å². The Morgan fingerprint density at radius 1 is 1.33 bits per heavy atom. The summed E-state index contributed by atoms with van der Waals surface area (Å²) in [4.78, 5) is 13.4. The smallest absolute Gasteiger partial charge is 0.325 e. The predicted octanol–water partition coefficient (Wildman–Crippen LogP) is 2.02. The highest BCUT2D eigenvalue weighted by Crippen LogP contribution is 2.30. The third kappa shape index (κ3) is 2.95. The van der Waals surface area contributed by atoms with Crippen LogP contribution in [0.5, 0.6) is 0 Å². The minimum atomic E-state index is -0.888. The van der Waals surface area contributed by atoms with Gasteiger partial charge >= 0.3 is 5.97 Å². The molecular weight excluding hydrogens is 275 g/mol. The van der Waals surface area contributed by atoms with Crippen LogP contribution in [0.3, 0.4) is 0 Å². The van der Waals surface area contributed by atoms with Crippen LogP contribution in [0.4, 0.5) is 0 Å². The van der Waals surface area contributed by atoms with E-state index in [0.717, 1.165) is 13.1 Å². The van der Waals surface area contributed by atoms with Gasteiger partial charge in [0.15, 0.2) is 0 Å². The van der Waals surface area contributed by atoms with Crippen LogP contribution in [-0.2, 0) is 4.79 Å². The third-order valence-electron chi connectivity index (χ3n) is 3.01. The molecule has 1 atom stereocenters. The number of hydrogen-bond acceptors (Lipinski definition) is 3. The van der Waals surface area contributed by atoms with Crippen LogP contribution in [0, 0.1) is 0 Å². The third-order valence-corrected chi connectivity index (χ3v) is 3.57. The molecule has 18 heavy (non-hydrogen) atoms. The van der Waals surface area contributed by atoms with Gasteiger partial charge in [-0.05, 0) is 17.7 Å². The Hall–Kier alpha value is -0.810. The van der Waals surface area contributed by atoms with E-state index in [2.05, 4.69) is 5.32 Å². The lowest BCUT2D eigenvalue weighted by Crippen LogP contribution is -2.47. The van der Waals surface area contributed by atoms with E-state index in [-0.39, 0.29) is 0 Å². The van der Waals surface area contributed by atoms with E-state index >= 15 is 0 Å². The Morgan fingerprint density at radius 3 is 2.56 bits per heavy atom. The maximum atomic E-state index is 11.5. The minimum Gasteiger partial charge on any atom is -0.480 e. The lowest BCUT2D eigenvalue weighted by atomic mass is 10.0. The Morgan fingerprint density at radius 2 is 2.00 bits per heavy atom. The van der Waals surface area contributed by atoms with Gasteiger partial charge in [0, 0.05) is 36.2 Å². The number of rotatable bonds is 3. The van der Waals surface area contributed by atoms with E-state index in [1.54, 1.807) is 18.2 Å². The second-order valence-corrected chi connectivity index (χ2v) is 5.04. The summed E-state index contributed by atoms with van der Waals surface area (Å²) in [6.45, 7) is 2.95. The van der Waals surface area contributed by atoms with Gasteiger partial charge in [0.2, 0.25) is 0 Å². The van der Waals surface area contributed by atoms with Crippen molar-refractivity contribution in [3.63, 3.8) is 0 Å². The molecule has 0 saturated carbocycles. The number of carbonyl (C=O) groups is 1. The molecule has 0 amide bonds. The number of carboxylic acids is 1. The molecule has 4 nitrogen and oxygen atoms in total. The van der Waals surface area contributed by atoms with E-state index in [1.165, 1.54) is 0 Å². The van der Waals surface area contributed by atoms with Gasteiger partial charge < -0.3 is 10.4 Å². The first-order valence-corrected chi connectivity index (χ1v) is 6.47. The van der Waals surface area contributed by atoms with Crippen LogP contribution >= 0.6 is 23.2 Å². The molecule has 1 unspecified atom stereocenters. The SMILES string of the molecule is O=C(O)C(c1ccc(Cl)cc1Cl)N1CCNCC1. The lowest BCUT2D eigenvalue weighted by molar-refractivity contribution is -0.143. The Kier molecular flexibility index (Phi) is 4.45. The van der Waals surface area contributed by atoms with Crippen LogP contribution < -0.4 is 5.32 Å². The minimum absolute atomic E-state index is 0.397. The maximum absolute atomic E-state index is 11.5. The van der Waals surface area contributed by atoms with Gasteiger partial charge in [0.1, 0.15) is 6.04 Å². The molecule has 2 rings (SSSR count). The van der Waals surface area contributed by atoms with E-state index in [9.17, 15) is 9.90 Å². The monoisotopic (exact) mass is 288 g/mol. The van der Waals surface area contributed by atoms with E-state index in [0.29, 0.717) is 28.7 Å². The number of nitrogens with one attached hydrogen (secondary N) is 1. The average Bonchev–Trinajstić information content (AvgIpc) is 2.33. The van der Waals surface area contributed by atoms with Crippen LogP contribution in [0.2, 0.25) is 10.0 Å². The first kappa shape index (κ1) is 13.6. The Balaban J connectivity index is 2.31.